The number of nitrogens with zero attached hydrogens (tertiary/aromatic N) is 1. The summed E-state index contributed by atoms with van der Waals surface area (Å²) >= 11 is 0. The van der Waals surface area contributed by atoms with Crippen molar-refractivity contribution in [2.45, 2.75) is 18.7 Å². The molecule has 0 aliphatic heterocycles. The van der Waals surface area contributed by atoms with Gasteiger partial charge < -0.3 is 0 Å². The summed E-state index contributed by atoms with van der Waals surface area (Å²) in [6, 6.07) is 8.27. The van der Waals surface area contributed by atoms with Gasteiger partial charge >= 0.3 is 0 Å². The first-order valence-electron chi connectivity index (χ1n) is 5.09. The second kappa shape index (κ2) is 4.21. The Morgan fingerprint density at radius 3 is 2.35 bits per heavy atom. The Morgan fingerprint density at radius 1 is 1.18 bits per heavy atom. The van der Waals surface area contributed by atoms with Crippen molar-refractivity contribution in [3.63, 3.8) is 0 Å². The zero-order chi connectivity index (χ0) is 12.5. The van der Waals surface area contributed by atoms with Gasteiger partial charge in [-0.3, -0.25) is 9.82 Å². The van der Waals surface area contributed by atoms with Crippen LogP contribution in [-0.4, -0.2) is 18.6 Å². The lowest BCUT2D eigenvalue weighted by molar-refractivity contribution is 0.601. The Balaban J connectivity index is 2.28. The van der Waals surface area contributed by atoms with Gasteiger partial charge in [-0.2, -0.15) is 5.10 Å². The molecule has 0 atom stereocenters. The Labute approximate surface area is 99.9 Å². The third-order valence-corrected chi connectivity index (χ3v) is 3.65. The molecule has 0 radical (unpaired) electrons. The van der Waals surface area contributed by atoms with E-state index in [0.717, 1.165) is 11.3 Å². The number of benzene rings is 1. The molecule has 0 fully saturated rings. The zero-order valence-corrected chi connectivity index (χ0v) is 10.4. The summed E-state index contributed by atoms with van der Waals surface area (Å²) in [5.41, 5.74) is 1.81. The Bertz CT molecular complexity index is 614. The van der Waals surface area contributed by atoms with Gasteiger partial charge in [0, 0.05) is 11.8 Å². The molecule has 1 heterocycles. The van der Waals surface area contributed by atoms with Crippen molar-refractivity contribution in [3.05, 3.63) is 41.6 Å². The lowest BCUT2D eigenvalue weighted by atomic mass is 10.2. The van der Waals surface area contributed by atoms with Crippen LogP contribution in [0.25, 0.3) is 0 Å². The molecule has 0 bridgehead atoms. The van der Waals surface area contributed by atoms with Crippen molar-refractivity contribution in [2.24, 2.45) is 0 Å². The first-order valence-corrected chi connectivity index (χ1v) is 6.57. The van der Waals surface area contributed by atoms with Crippen molar-refractivity contribution in [2.75, 3.05) is 4.72 Å². The van der Waals surface area contributed by atoms with Gasteiger partial charge in [-0.05, 0) is 26.0 Å². The molecule has 2 rings (SSSR count). The normalized spacial score (nSPS) is 11.4. The van der Waals surface area contributed by atoms with Gasteiger partial charge in [0.2, 0.25) is 0 Å². The number of aryl methyl sites for hydroxylation is 2. The van der Waals surface area contributed by atoms with E-state index >= 15 is 0 Å². The predicted molar refractivity (Wildman–Crippen MR) is 65.3 cm³/mol. The SMILES string of the molecule is Cc1ccc(S(=O)(=O)Nc2cc(C)[nH]n2)cc1. The van der Waals surface area contributed by atoms with Crippen molar-refractivity contribution in [1.29, 1.82) is 0 Å². The first-order chi connectivity index (χ1) is 7.97. The topological polar surface area (TPSA) is 74.8 Å². The molecule has 90 valence electrons. The maximum absolute atomic E-state index is 12.0. The minimum atomic E-state index is -3.55. The first kappa shape index (κ1) is 11.7. The third-order valence-electron chi connectivity index (χ3n) is 2.28. The average molecular weight is 251 g/mol. The zero-order valence-electron chi connectivity index (χ0n) is 9.56. The van der Waals surface area contributed by atoms with Gasteiger partial charge in [0.15, 0.2) is 5.82 Å². The summed E-state index contributed by atoms with van der Waals surface area (Å²) in [5.74, 6) is 0.295. The van der Waals surface area contributed by atoms with Crippen LogP contribution in [0.5, 0.6) is 0 Å². The van der Waals surface area contributed by atoms with Crippen LogP contribution >= 0.6 is 0 Å². The standard InChI is InChI=1S/C11H13N3O2S/c1-8-3-5-10(6-4-8)17(15,16)14-11-7-9(2)12-13-11/h3-7H,1-2H3,(H2,12,13,14). The number of nitrogens with one attached hydrogen (secondary N) is 2. The molecular weight excluding hydrogens is 238 g/mol. The number of sulfonamides is 1. The van der Waals surface area contributed by atoms with Gasteiger partial charge in [0.1, 0.15) is 0 Å². The van der Waals surface area contributed by atoms with Gasteiger partial charge in [-0.25, -0.2) is 8.42 Å². The van der Waals surface area contributed by atoms with Crippen LogP contribution in [0.2, 0.25) is 0 Å². The van der Waals surface area contributed by atoms with Crippen LogP contribution in [0.1, 0.15) is 11.3 Å². The fraction of sp³-hybridized carbons (Fsp3) is 0.182. The van der Waals surface area contributed by atoms with Crippen LogP contribution in [0.4, 0.5) is 5.82 Å². The number of aromatic amines is 1. The minimum absolute atomic E-state index is 0.226. The Hall–Kier alpha value is -1.82. The van der Waals surface area contributed by atoms with E-state index < -0.39 is 10.0 Å². The maximum atomic E-state index is 12.0. The second-order valence-electron chi connectivity index (χ2n) is 3.85. The average Bonchev–Trinajstić information content (AvgIpc) is 2.63. The molecule has 5 nitrogen and oxygen atoms in total. The smallest absolute Gasteiger partial charge is 0.263 e. The molecule has 0 aliphatic carbocycles. The minimum Gasteiger partial charge on any atom is -0.281 e. The molecule has 1 aromatic heterocycles. The summed E-state index contributed by atoms with van der Waals surface area (Å²) in [6.07, 6.45) is 0. The summed E-state index contributed by atoms with van der Waals surface area (Å²) in [6.45, 7) is 3.71. The van der Waals surface area contributed by atoms with Crippen LogP contribution in [0.3, 0.4) is 0 Å². The molecule has 6 heteroatoms. The van der Waals surface area contributed by atoms with Crippen LogP contribution in [-0.2, 0) is 10.0 Å². The highest BCUT2D eigenvalue weighted by Gasteiger charge is 2.14. The molecule has 0 spiro atoms. The summed E-state index contributed by atoms with van der Waals surface area (Å²) in [7, 11) is -3.55. The fourth-order valence-corrected chi connectivity index (χ4v) is 2.38. The number of H-pyrrole nitrogens is 1. The van der Waals surface area contributed by atoms with E-state index in [1.54, 1.807) is 37.3 Å². The van der Waals surface area contributed by atoms with E-state index in [1.807, 2.05) is 6.92 Å². The summed E-state index contributed by atoms with van der Waals surface area (Å²) < 4.78 is 26.3. The highest BCUT2D eigenvalue weighted by Crippen LogP contribution is 2.15. The molecule has 0 saturated heterocycles. The molecule has 1 aromatic carbocycles. The summed E-state index contributed by atoms with van der Waals surface area (Å²) in [4.78, 5) is 0.226. The molecule has 0 saturated carbocycles. The molecule has 2 N–H and O–H groups in total. The van der Waals surface area contributed by atoms with E-state index in [2.05, 4.69) is 14.9 Å². The Kier molecular flexibility index (Phi) is 2.89. The lowest BCUT2D eigenvalue weighted by Crippen LogP contribution is -2.13. The van der Waals surface area contributed by atoms with Crippen molar-refractivity contribution in [1.82, 2.24) is 10.2 Å². The van der Waals surface area contributed by atoms with Crippen molar-refractivity contribution in [3.8, 4) is 0 Å². The number of hydrogen-bond donors (Lipinski definition) is 2. The van der Waals surface area contributed by atoms with E-state index in [-0.39, 0.29) is 4.90 Å². The van der Waals surface area contributed by atoms with Crippen molar-refractivity contribution >= 4 is 15.8 Å². The molecule has 2 aromatic rings. The molecule has 0 unspecified atom stereocenters. The van der Waals surface area contributed by atoms with Crippen LogP contribution in [0.15, 0.2) is 35.2 Å². The second-order valence-corrected chi connectivity index (χ2v) is 5.54. The molecular formula is C11H13N3O2S. The number of hydrogen-bond acceptors (Lipinski definition) is 3. The molecule has 0 aliphatic rings. The van der Waals surface area contributed by atoms with E-state index in [9.17, 15) is 8.42 Å². The quantitative estimate of drug-likeness (QED) is 0.873. The van der Waals surface area contributed by atoms with Crippen LogP contribution < -0.4 is 4.72 Å². The number of anilines is 1. The third kappa shape index (κ3) is 2.65. The van der Waals surface area contributed by atoms with Gasteiger partial charge in [-0.15, -0.1) is 0 Å². The number of aromatic nitrogens is 2. The largest absolute Gasteiger partial charge is 0.281 e. The van der Waals surface area contributed by atoms with Gasteiger partial charge in [0.05, 0.1) is 4.90 Å². The van der Waals surface area contributed by atoms with Gasteiger partial charge in [0.25, 0.3) is 10.0 Å². The highest BCUT2D eigenvalue weighted by atomic mass is 32.2. The van der Waals surface area contributed by atoms with Crippen LogP contribution in [0, 0.1) is 13.8 Å². The monoisotopic (exact) mass is 251 g/mol. The van der Waals surface area contributed by atoms with E-state index in [1.165, 1.54) is 0 Å². The van der Waals surface area contributed by atoms with E-state index in [0.29, 0.717) is 5.82 Å². The van der Waals surface area contributed by atoms with Crippen molar-refractivity contribution < 1.29 is 8.42 Å². The Morgan fingerprint density at radius 2 is 1.82 bits per heavy atom. The molecule has 0 amide bonds. The molecule has 17 heavy (non-hydrogen) atoms. The van der Waals surface area contributed by atoms with E-state index in [4.69, 9.17) is 0 Å². The van der Waals surface area contributed by atoms with Gasteiger partial charge in [-0.1, -0.05) is 17.7 Å². The highest BCUT2D eigenvalue weighted by molar-refractivity contribution is 7.92. The predicted octanol–water partition coefficient (Wildman–Crippen LogP) is 1.83. The number of rotatable bonds is 3. The summed E-state index contributed by atoms with van der Waals surface area (Å²) in [5, 5.41) is 6.50. The fourth-order valence-electron chi connectivity index (χ4n) is 1.38. The lowest BCUT2D eigenvalue weighted by Gasteiger charge is -2.05. The maximum Gasteiger partial charge on any atom is 0.263 e.